The molecule has 12 heteroatoms. The number of carbonyl (C=O) groups excluding carboxylic acids is 2. The normalized spacial score (nSPS) is 11.1. The predicted octanol–water partition coefficient (Wildman–Crippen LogP) is 4.71. The van der Waals surface area contributed by atoms with Crippen molar-refractivity contribution < 1.29 is 27.5 Å². The molecule has 0 fully saturated rings. The van der Waals surface area contributed by atoms with Gasteiger partial charge in [-0.25, -0.2) is 13.8 Å². The average Bonchev–Trinajstić information content (AvgIpc) is 3.00. The summed E-state index contributed by atoms with van der Waals surface area (Å²) >= 11 is 6.28. The lowest BCUT2D eigenvalue weighted by molar-refractivity contribution is -0.119. The smallest absolute Gasteiger partial charge is 0.264 e. The highest BCUT2D eigenvalue weighted by molar-refractivity contribution is 7.92. The number of hydrogen-bond acceptors (Lipinski definition) is 7. The van der Waals surface area contributed by atoms with Gasteiger partial charge in [-0.15, -0.1) is 0 Å². The van der Waals surface area contributed by atoms with Crippen LogP contribution in [0, 0.1) is 0 Å². The molecule has 0 unspecified atom stereocenters. The molecular weight excluding hydrogens is 580 g/mol. The molecule has 0 saturated heterocycles. The van der Waals surface area contributed by atoms with Gasteiger partial charge in [0.25, 0.3) is 21.8 Å². The van der Waals surface area contributed by atoms with Crippen LogP contribution in [0.25, 0.3) is 0 Å². The van der Waals surface area contributed by atoms with E-state index >= 15 is 0 Å². The Morgan fingerprint density at radius 2 is 1.50 bits per heavy atom. The fourth-order valence-electron chi connectivity index (χ4n) is 3.69. The Labute approximate surface area is 248 Å². The van der Waals surface area contributed by atoms with E-state index in [9.17, 15) is 18.0 Å². The van der Waals surface area contributed by atoms with Crippen LogP contribution >= 0.6 is 11.6 Å². The first kappa shape index (κ1) is 30.1. The zero-order chi connectivity index (χ0) is 30.0. The van der Waals surface area contributed by atoms with Gasteiger partial charge < -0.3 is 14.8 Å². The number of para-hydroxylation sites is 1. The van der Waals surface area contributed by atoms with E-state index in [0.717, 1.165) is 4.31 Å². The summed E-state index contributed by atoms with van der Waals surface area (Å²) in [5, 5.41) is 6.84. The maximum Gasteiger partial charge on any atom is 0.264 e. The van der Waals surface area contributed by atoms with Crippen molar-refractivity contribution in [3.8, 4) is 11.5 Å². The van der Waals surface area contributed by atoms with E-state index in [1.165, 1.54) is 24.4 Å². The van der Waals surface area contributed by atoms with E-state index in [-0.39, 0.29) is 28.1 Å². The van der Waals surface area contributed by atoms with Crippen molar-refractivity contribution in [3.05, 3.63) is 114 Å². The van der Waals surface area contributed by atoms with Gasteiger partial charge in [0, 0.05) is 5.69 Å². The second kappa shape index (κ2) is 14.2. The SMILES string of the molecule is COc1ccc(NC(=O)COc2ccc(/C=N\NC(=O)CN(c3ccccc3Cl)S(=O)(=O)c3ccccc3)cc2)cc1. The molecule has 0 aliphatic rings. The lowest BCUT2D eigenvalue weighted by Crippen LogP contribution is -2.39. The molecule has 0 aliphatic heterocycles. The van der Waals surface area contributed by atoms with Gasteiger partial charge >= 0.3 is 0 Å². The molecule has 0 spiro atoms. The Kier molecular flexibility index (Phi) is 10.1. The number of hydrogen-bond donors (Lipinski definition) is 2. The van der Waals surface area contributed by atoms with Crippen LogP contribution in [0.4, 0.5) is 11.4 Å². The highest BCUT2D eigenvalue weighted by Crippen LogP contribution is 2.30. The van der Waals surface area contributed by atoms with E-state index in [2.05, 4.69) is 15.8 Å². The van der Waals surface area contributed by atoms with Crippen LogP contribution in [0.15, 0.2) is 113 Å². The van der Waals surface area contributed by atoms with Crippen LogP contribution in [-0.4, -0.2) is 46.7 Å². The molecular formula is C30H27ClN4O6S. The summed E-state index contributed by atoms with van der Waals surface area (Å²) < 4.78 is 38.3. The third kappa shape index (κ3) is 8.09. The number of anilines is 2. The van der Waals surface area contributed by atoms with Crippen LogP contribution in [0.5, 0.6) is 11.5 Å². The van der Waals surface area contributed by atoms with Crippen LogP contribution < -0.4 is 24.5 Å². The summed E-state index contributed by atoms with van der Waals surface area (Å²) in [5.41, 5.74) is 3.76. The standard InChI is InChI=1S/C30H27ClN4O6S/c1-40-24-17-13-23(14-18-24)33-30(37)21-41-25-15-11-22(12-16-25)19-32-34-29(36)20-35(28-10-6-5-9-27(28)31)42(38,39)26-7-3-2-4-8-26/h2-19H,20-21H2,1H3,(H,33,37)(H,34,36)/b32-19-. The van der Waals surface area contributed by atoms with E-state index in [4.69, 9.17) is 21.1 Å². The Bertz CT molecular complexity index is 1650. The first-order chi connectivity index (χ1) is 20.3. The number of benzene rings is 4. The van der Waals surface area contributed by atoms with Gasteiger partial charge in [0.2, 0.25) is 0 Å². The molecule has 0 bridgehead atoms. The Morgan fingerprint density at radius 1 is 0.857 bits per heavy atom. The minimum Gasteiger partial charge on any atom is -0.497 e. The average molecular weight is 607 g/mol. The molecule has 4 aromatic carbocycles. The number of nitrogens with one attached hydrogen (secondary N) is 2. The number of amides is 2. The first-order valence-corrected chi connectivity index (χ1v) is 14.4. The molecule has 4 rings (SSSR count). The molecule has 0 aromatic heterocycles. The Morgan fingerprint density at radius 3 is 2.17 bits per heavy atom. The van der Waals surface area contributed by atoms with Crippen molar-refractivity contribution in [2.75, 3.05) is 29.9 Å². The lowest BCUT2D eigenvalue weighted by Gasteiger charge is -2.24. The number of hydrazone groups is 1. The van der Waals surface area contributed by atoms with Gasteiger partial charge in [-0.05, 0) is 78.4 Å². The third-order valence-corrected chi connectivity index (χ3v) is 7.86. The van der Waals surface area contributed by atoms with Crippen molar-refractivity contribution in [3.63, 3.8) is 0 Å². The van der Waals surface area contributed by atoms with Gasteiger partial charge in [-0.2, -0.15) is 5.10 Å². The molecule has 0 radical (unpaired) electrons. The molecule has 2 N–H and O–H groups in total. The lowest BCUT2D eigenvalue weighted by atomic mass is 10.2. The molecule has 0 saturated carbocycles. The van der Waals surface area contributed by atoms with E-state index in [1.807, 2.05) is 0 Å². The number of rotatable bonds is 12. The predicted molar refractivity (Wildman–Crippen MR) is 162 cm³/mol. The van der Waals surface area contributed by atoms with Crippen molar-refractivity contribution in [1.82, 2.24) is 5.43 Å². The molecule has 0 aliphatic carbocycles. The third-order valence-electron chi connectivity index (χ3n) is 5.77. The molecule has 42 heavy (non-hydrogen) atoms. The summed E-state index contributed by atoms with van der Waals surface area (Å²) in [6, 6.07) is 27.7. The zero-order valence-corrected chi connectivity index (χ0v) is 24.0. The van der Waals surface area contributed by atoms with Gasteiger partial charge in [-0.1, -0.05) is 41.9 Å². The highest BCUT2D eigenvalue weighted by Gasteiger charge is 2.28. The van der Waals surface area contributed by atoms with Crippen LogP contribution in [0.2, 0.25) is 5.02 Å². The second-order valence-corrected chi connectivity index (χ2v) is 11.0. The fraction of sp³-hybridized carbons (Fsp3) is 0.100. The van der Waals surface area contributed by atoms with Gasteiger partial charge in [-0.3, -0.25) is 13.9 Å². The topological polar surface area (TPSA) is 126 Å². The maximum absolute atomic E-state index is 13.4. The Balaban J connectivity index is 1.33. The number of nitrogens with zero attached hydrogens (tertiary/aromatic N) is 2. The Hall–Kier alpha value is -4.87. The van der Waals surface area contributed by atoms with Gasteiger partial charge in [0.05, 0.1) is 28.9 Å². The molecule has 2 amide bonds. The minimum absolute atomic E-state index is 0.0155. The van der Waals surface area contributed by atoms with Crippen molar-refractivity contribution in [2.24, 2.45) is 5.10 Å². The van der Waals surface area contributed by atoms with E-state index in [0.29, 0.717) is 22.7 Å². The molecule has 4 aromatic rings. The minimum atomic E-state index is -4.10. The summed E-state index contributed by atoms with van der Waals surface area (Å²) in [5.74, 6) is 0.146. The second-order valence-electron chi connectivity index (χ2n) is 8.70. The maximum atomic E-state index is 13.4. The van der Waals surface area contributed by atoms with Crippen LogP contribution in [0.3, 0.4) is 0 Å². The molecule has 0 atom stereocenters. The number of sulfonamides is 1. The van der Waals surface area contributed by atoms with E-state index in [1.54, 1.807) is 92.0 Å². The fourth-order valence-corrected chi connectivity index (χ4v) is 5.44. The zero-order valence-electron chi connectivity index (χ0n) is 22.4. The van der Waals surface area contributed by atoms with Crippen LogP contribution in [0.1, 0.15) is 5.56 Å². The van der Waals surface area contributed by atoms with Gasteiger partial charge in [0.15, 0.2) is 6.61 Å². The summed E-state index contributed by atoms with van der Waals surface area (Å²) in [6.07, 6.45) is 1.39. The summed E-state index contributed by atoms with van der Waals surface area (Å²) in [6.45, 7) is -0.743. The first-order valence-electron chi connectivity index (χ1n) is 12.6. The van der Waals surface area contributed by atoms with Crippen molar-refractivity contribution >= 4 is 51.0 Å². The molecule has 0 heterocycles. The highest BCUT2D eigenvalue weighted by atomic mass is 35.5. The molecule has 10 nitrogen and oxygen atoms in total. The summed E-state index contributed by atoms with van der Waals surface area (Å²) in [7, 11) is -2.53. The van der Waals surface area contributed by atoms with E-state index < -0.39 is 22.5 Å². The number of methoxy groups -OCH3 is 1. The number of halogens is 1. The largest absolute Gasteiger partial charge is 0.497 e. The monoisotopic (exact) mass is 606 g/mol. The number of carbonyl (C=O) groups is 2. The number of ether oxygens (including phenoxy) is 2. The van der Waals surface area contributed by atoms with Crippen molar-refractivity contribution in [1.29, 1.82) is 0 Å². The summed E-state index contributed by atoms with van der Waals surface area (Å²) in [4.78, 5) is 24.9. The van der Waals surface area contributed by atoms with Gasteiger partial charge in [0.1, 0.15) is 18.0 Å². The molecule has 216 valence electrons. The van der Waals surface area contributed by atoms with Crippen LogP contribution in [-0.2, 0) is 19.6 Å². The van der Waals surface area contributed by atoms with Crippen molar-refractivity contribution in [2.45, 2.75) is 4.90 Å². The quantitative estimate of drug-likeness (QED) is 0.178.